The normalized spacial score (nSPS) is 17.5. The van der Waals surface area contributed by atoms with E-state index in [1.54, 1.807) is 7.05 Å². The van der Waals surface area contributed by atoms with Crippen LogP contribution in [0.5, 0.6) is 0 Å². The molecule has 4 nitrogen and oxygen atoms in total. The molecule has 5 heteroatoms. The molecule has 19 heavy (non-hydrogen) atoms. The summed E-state index contributed by atoms with van der Waals surface area (Å²) < 4.78 is 3.85. The molecule has 0 spiro atoms. The Morgan fingerprint density at radius 3 is 2.84 bits per heavy atom. The molecular formula is C14H13BrN2O2. The van der Waals surface area contributed by atoms with Crippen LogP contribution in [0.3, 0.4) is 0 Å². The highest BCUT2D eigenvalue weighted by molar-refractivity contribution is 9.10. The molecule has 1 aliphatic carbocycles. The van der Waals surface area contributed by atoms with Gasteiger partial charge in [-0.05, 0) is 30.0 Å². The molecule has 0 saturated carbocycles. The van der Waals surface area contributed by atoms with E-state index in [-0.39, 0.29) is 17.3 Å². The average molecular weight is 321 g/mol. The second-order valence-corrected chi connectivity index (χ2v) is 5.63. The summed E-state index contributed by atoms with van der Waals surface area (Å²) in [6.45, 7) is 0. The quantitative estimate of drug-likeness (QED) is 0.804. The number of benzene rings is 1. The summed E-state index contributed by atoms with van der Waals surface area (Å²) in [5.41, 5.74) is 1.77. The molecule has 1 unspecified atom stereocenters. The Labute approximate surface area is 118 Å². The largest absolute Gasteiger partial charge is 0.331 e. The van der Waals surface area contributed by atoms with Crippen molar-refractivity contribution in [2.75, 3.05) is 0 Å². The number of hydrogen-bond acceptors (Lipinski definition) is 2. The van der Waals surface area contributed by atoms with Crippen LogP contribution < -0.4 is 11.2 Å². The smallest absolute Gasteiger partial charge is 0.303 e. The number of nitrogens with zero attached hydrogens (tertiary/aromatic N) is 2. The third-order valence-corrected chi connectivity index (χ3v) is 4.42. The second-order valence-electron chi connectivity index (χ2n) is 4.78. The van der Waals surface area contributed by atoms with Crippen molar-refractivity contribution in [2.45, 2.75) is 18.9 Å². The third kappa shape index (κ3) is 1.89. The van der Waals surface area contributed by atoms with Gasteiger partial charge in [0.1, 0.15) is 0 Å². The van der Waals surface area contributed by atoms with Crippen molar-refractivity contribution in [3.8, 4) is 0 Å². The molecule has 3 rings (SSSR count). The van der Waals surface area contributed by atoms with Gasteiger partial charge in [-0.25, -0.2) is 4.79 Å². The molecule has 0 bridgehead atoms. The highest BCUT2D eigenvalue weighted by Crippen LogP contribution is 2.36. The summed E-state index contributed by atoms with van der Waals surface area (Å²) in [7, 11) is 1.66. The Kier molecular flexibility index (Phi) is 2.93. The van der Waals surface area contributed by atoms with Crippen LogP contribution in [0, 0.1) is 0 Å². The maximum absolute atomic E-state index is 12.2. The lowest BCUT2D eigenvalue weighted by molar-refractivity contribution is 0.512. The molecular weight excluding hydrogens is 308 g/mol. The number of fused-ring (bicyclic) bond motifs is 1. The van der Waals surface area contributed by atoms with Crippen LogP contribution in [0.1, 0.15) is 23.6 Å². The van der Waals surface area contributed by atoms with Gasteiger partial charge in [-0.2, -0.15) is 0 Å². The minimum absolute atomic E-state index is 0.153. The standard InChI is InChI=1S/C14H13BrN2O2/c1-16-8-7-13(18)17(14(16)19)12-6-5-9-10(12)3-2-4-11(9)15/h2-4,7-8,12H,5-6H2,1H3. The molecule has 1 heterocycles. The first-order valence-corrected chi connectivity index (χ1v) is 6.94. The highest BCUT2D eigenvalue weighted by atomic mass is 79.9. The zero-order valence-electron chi connectivity index (χ0n) is 10.5. The van der Waals surface area contributed by atoms with E-state index in [4.69, 9.17) is 0 Å². The first kappa shape index (κ1) is 12.4. The van der Waals surface area contributed by atoms with Crippen LogP contribution in [0.2, 0.25) is 0 Å². The minimum atomic E-state index is -0.259. The third-order valence-electron chi connectivity index (χ3n) is 3.68. The van der Waals surface area contributed by atoms with Gasteiger partial charge in [0.25, 0.3) is 5.56 Å². The lowest BCUT2D eigenvalue weighted by Gasteiger charge is -2.15. The Bertz CT molecular complexity index is 761. The fourth-order valence-corrected chi connectivity index (χ4v) is 3.31. The fraction of sp³-hybridized carbons (Fsp3) is 0.286. The van der Waals surface area contributed by atoms with Gasteiger partial charge in [0.15, 0.2) is 0 Å². The molecule has 2 aromatic rings. The van der Waals surface area contributed by atoms with Gasteiger partial charge in [0, 0.05) is 23.8 Å². The van der Waals surface area contributed by atoms with Gasteiger partial charge in [-0.1, -0.05) is 28.1 Å². The van der Waals surface area contributed by atoms with Gasteiger partial charge in [-0.15, -0.1) is 0 Å². The second kappa shape index (κ2) is 4.49. The summed E-state index contributed by atoms with van der Waals surface area (Å²) in [4.78, 5) is 24.2. The Balaban J connectivity index is 2.23. The molecule has 0 fully saturated rings. The van der Waals surface area contributed by atoms with Gasteiger partial charge >= 0.3 is 5.69 Å². The van der Waals surface area contributed by atoms with Crippen LogP contribution in [0.15, 0.2) is 44.5 Å². The van der Waals surface area contributed by atoms with E-state index in [2.05, 4.69) is 15.9 Å². The predicted molar refractivity (Wildman–Crippen MR) is 76.5 cm³/mol. The zero-order valence-corrected chi connectivity index (χ0v) is 12.1. The summed E-state index contributed by atoms with van der Waals surface area (Å²) >= 11 is 3.53. The molecule has 1 atom stereocenters. The number of aromatic nitrogens is 2. The van der Waals surface area contributed by atoms with E-state index in [1.807, 2.05) is 18.2 Å². The zero-order chi connectivity index (χ0) is 13.6. The van der Waals surface area contributed by atoms with Gasteiger partial charge in [-0.3, -0.25) is 9.36 Å². The fourth-order valence-electron chi connectivity index (χ4n) is 2.73. The average Bonchev–Trinajstić information content (AvgIpc) is 2.80. The van der Waals surface area contributed by atoms with Crippen molar-refractivity contribution >= 4 is 15.9 Å². The van der Waals surface area contributed by atoms with Crippen LogP contribution >= 0.6 is 15.9 Å². The van der Waals surface area contributed by atoms with Crippen molar-refractivity contribution in [1.82, 2.24) is 9.13 Å². The Morgan fingerprint density at radius 1 is 1.26 bits per heavy atom. The van der Waals surface area contributed by atoms with Crippen LogP contribution in [0.4, 0.5) is 0 Å². The van der Waals surface area contributed by atoms with Crippen molar-refractivity contribution in [3.05, 3.63) is 66.9 Å². The number of rotatable bonds is 1. The molecule has 0 amide bonds. The molecule has 1 aromatic carbocycles. The van der Waals surface area contributed by atoms with Gasteiger partial charge in [0.2, 0.25) is 0 Å². The molecule has 0 N–H and O–H groups in total. The minimum Gasteiger partial charge on any atom is -0.303 e. The SMILES string of the molecule is Cn1ccc(=O)n(C2CCc3c(Br)cccc32)c1=O. The molecule has 0 radical (unpaired) electrons. The number of halogens is 1. The molecule has 0 aliphatic heterocycles. The lowest BCUT2D eigenvalue weighted by Crippen LogP contribution is -2.40. The van der Waals surface area contributed by atoms with E-state index < -0.39 is 0 Å². The van der Waals surface area contributed by atoms with Crippen molar-refractivity contribution < 1.29 is 0 Å². The van der Waals surface area contributed by atoms with Crippen LogP contribution in [-0.4, -0.2) is 9.13 Å². The van der Waals surface area contributed by atoms with E-state index in [9.17, 15) is 9.59 Å². The Hall–Kier alpha value is -1.62. The molecule has 1 aromatic heterocycles. The Morgan fingerprint density at radius 2 is 2.05 bits per heavy atom. The van der Waals surface area contributed by atoms with Gasteiger partial charge < -0.3 is 4.57 Å². The summed E-state index contributed by atoms with van der Waals surface area (Å²) in [6.07, 6.45) is 3.18. The van der Waals surface area contributed by atoms with Crippen molar-refractivity contribution in [2.24, 2.45) is 7.05 Å². The first-order chi connectivity index (χ1) is 9.09. The summed E-state index contributed by atoms with van der Waals surface area (Å²) in [5, 5.41) is 0. The van der Waals surface area contributed by atoms with E-state index in [0.717, 1.165) is 22.9 Å². The summed E-state index contributed by atoms with van der Waals surface area (Å²) in [6, 6.07) is 7.22. The van der Waals surface area contributed by atoms with E-state index in [0.29, 0.717) is 0 Å². The maximum Gasteiger partial charge on any atom is 0.331 e. The molecule has 0 saturated heterocycles. The monoisotopic (exact) mass is 320 g/mol. The molecule has 1 aliphatic rings. The number of aryl methyl sites for hydroxylation is 1. The number of hydrogen-bond donors (Lipinski definition) is 0. The summed E-state index contributed by atoms with van der Waals surface area (Å²) in [5.74, 6) is 0. The van der Waals surface area contributed by atoms with Crippen LogP contribution in [-0.2, 0) is 13.5 Å². The van der Waals surface area contributed by atoms with Crippen LogP contribution in [0.25, 0.3) is 0 Å². The van der Waals surface area contributed by atoms with E-state index >= 15 is 0 Å². The lowest BCUT2D eigenvalue weighted by atomic mass is 10.1. The van der Waals surface area contributed by atoms with E-state index in [1.165, 1.54) is 27.0 Å². The van der Waals surface area contributed by atoms with Gasteiger partial charge in [0.05, 0.1) is 6.04 Å². The highest BCUT2D eigenvalue weighted by Gasteiger charge is 2.27. The first-order valence-electron chi connectivity index (χ1n) is 6.15. The maximum atomic E-state index is 12.2. The van der Waals surface area contributed by atoms with Crippen molar-refractivity contribution in [3.63, 3.8) is 0 Å². The molecule has 98 valence electrons. The van der Waals surface area contributed by atoms with Crippen molar-refractivity contribution in [1.29, 1.82) is 0 Å². The predicted octanol–water partition coefficient (Wildman–Crippen LogP) is 1.85. The topological polar surface area (TPSA) is 44.0 Å².